The SMILES string of the molecule is Cc1cccc(-n2nc(C(=O)Nc3nc4ccc(CN5CCOCC5)cc4s3)c(O)cc2=O)c1. The van der Waals surface area contributed by atoms with Crippen molar-refractivity contribution < 1.29 is 14.6 Å². The second kappa shape index (κ2) is 9.34. The maximum atomic E-state index is 12.9. The predicted molar refractivity (Wildman–Crippen MR) is 130 cm³/mol. The van der Waals surface area contributed by atoms with E-state index in [0.29, 0.717) is 10.8 Å². The predicted octanol–water partition coefficient (Wildman–Crippen LogP) is 2.94. The monoisotopic (exact) mass is 477 g/mol. The van der Waals surface area contributed by atoms with Crippen molar-refractivity contribution in [2.45, 2.75) is 13.5 Å². The third kappa shape index (κ3) is 4.69. The van der Waals surface area contributed by atoms with Crippen LogP contribution in [-0.4, -0.2) is 57.0 Å². The first kappa shape index (κ1) is 22.2. The lowest BCUT2D eigenvalue weighted by Gasteiger charge is -2.26. The van der Waals surface area contributed by atoms with E-state index in [0.717, 1.165) is 59.4 Å². The number of aromatic hydroxyl groups is 1. The van der Waals surface area contributed by atoms with Crippen molar-refractivity contribution in [3.8, 4) is 11.4 Å². The fourth-order valence-electron chi connectivity index (χ4n) is 3.85. The standard InChI is InChI=1S/C24H23N5O4S/c1-15-3-2-4-17(11-15)29-21(31)13-19(30)22(27-29)23(32)26-24-25-18-6-5-16(12-20(18)34-24)14-28-7-9-33-10-8-28/h2-6,11-13,30H,7-10,14H2,1H3,(H,25,26,32). The Bertz CT molecular complexity index is 1420. The second-order valence-corrected chi connectivity index (χ2v) is 9.16. The Morgan fingerprint density at radius 1 is 1.18 bits per heavy atom. The van der Waals surface area contributed by atoms with Crippen LogP contribution in [-0.2, 0) is 11.3 Å². The summed E-state index contributed by atoms with van der Waals surface area (Å²) in [5.74, 6) is -1.13. The first-order chi connectivity index (χ1) is 16.5. The molecule has 0 radical (unpaired) electrons. The lowest BCUT2D eigenvalue weighted by atomic mass is 10.2. The summed E-state index contributed by atoms with van der Waals surface area (Å²) >= 11 is 1.34. The molecule has 4 aromatic rings. The average Bonchev–Trinajstić information content (AvgIpc) is 3.21. The van der Waals surface area contributed by atoms with Gasteiger partial charge in [-0.25, -0.2) is 4.98 Å². The number of ether oxygens (including phenoxy) is 1. The molecule has 1 aliphatic heterocycles. The van der Waals surface area contributed by atoms with Crippen LogP contribution >= 0.6 is 11.3 Å². The van der Waals surface area contributed by atoms with Crippen molar-refractivity contribution in [1.29, 1.82) is 0 Å². The van der Waals surface area contributed by atoms with Gasteiger partial charge in [0.25, 0.3) is 11.5 Å². The van der Waals surface area contributed by atoms with Crippen LogP contribution in [0.4, 0.5) is 5.13 Å². The molecule has 2 N–H and O–H groups in total. The van der Waals surface area contributed by atoms with Crippen LogP contribution in [0.25, 0.3) is 15.9 Å². The normalized spacial score (nSPS) is 14.4. The molecule has 0 spiro atoms. The number of thiazole rings is 1. The highest BCUT2D eigenvalue weighted by Gasteiger charge is 2.19. The zero-order valence-electron chi connectivity index (χ0n) is 18.5. The number of benzene rings is 2. The number of hydrogen-bond donors (Lipinski definition) is 2. The topological polar surface area (TPSA) is 110 Å². The molecule has 0 unspecified atom stereocenters. The summed E-state index contributed by atoms with van der Waals surface area (Å²) in [4.78, 5) is 32.1. The minimum absolute atomic E-state index is 0.256. The van der Waals surface area contributed by atoms with Gasteiger partial charge in [-0.15, -0.1) is 0 Å². The molecule has 10 heteroatoms. The Morgan fingerprint density at radius 3 is 2.79 bits per heavy atom. The first-order valence-corrected chi connectivity index (χ1v) is 11.7. The van der Waals surface area contributed by atoms with Crippen LogP contribution in [0.3, 0.4) is 0 Å². The molecule has 0 saturated carbocycles. The fraction of sp³-hybridized carbons (Fsp3) is 0.250. The fourth-order valence-corrected chi connectivity index (χ4v) is 4.77. The van der Waals surface area contributed by atoms with Gasteiger partial charge in [0.1, 0.15) is 0 Å². The smallest absolute Gasteiger partial charge is 0.281 e. The summed E-state index contributed by atoms with van der Waals surface area (Å²) in [6.07, 6.45) is 0. The van der Waals surface area contributed by atoms with E-state index in [9.17, 15) is 14.7 Å². The van der Waals surface area contributed by atoms with Crippen molar-refractivity contribution in [3.05, 3.63) is 75.7 Å². The Labute approximate surface area is 199 Å². The molecule has 0 aliphatic carbocycles. The molecule has 2 aromatic heterocycles. The van der Waals surface area contributed by atoms with Crippen molar-refractivity contribution >= 4 is 32.6 Å². The number of hydrogen-bond acceptors (Lipinski definition) is 8. The molecule has 1 fully saturated rings. The van der Waals surface area contributed by atoms with E-state index < -0.39 is 17.2 Å². The highest BCUT2D eigenvalue weighted by molar-refractivity contribution is 7.22. The maximum absolute atomic E-state index is 12.9. The number of carbonyl (C=O) groups excluding carboxylic acids is 1. The Balaban J connectivity index is 1.38. The van der Waals surface area contributed by atoms with E-state index in [1.165, 1.54) is 16.9 Å². The molecule has 5 rings (SSSR count). The summed E-state index contributed by atoms with van der Waals surface area (Å²) in [6.45, 7) is 6.03. The molecule has 1 saturated heterocycles. The van der Waals surface area contributed by atoms with Crippen LogP contribution in [0.2, 0.25) is 0 Å². The van der Waals surface area contributed by atoms with Crippen LogP contribution in [0, 0.1) is 6.92 Å². The molecule has 34 heavy (non-hydrogen) atoms. The van der Waals surface area contributed by atoms with Gasteiger partial charge in [0.15, 0.2) is 16.6 Å². The number of aryl methyl sites for hydroxylation is 1. The highest BCUT2D eigenvalue weighted by atomic mass is 32.1. The Morgan fingerprint density at radius 2 is 2.00 bits per heavy atom. The van der Waals surface area contributed by atoms with Gasteiger partial charge >= 0.3 is 0 Å². The number of anilines is 1. The minimum atomic E-state index is -0.647. The third-order valence-electron chi connectivity index (χ3n) is 5.56. The molecular formula is C24H23N5O4S. The number of nitrogens with zero attached hydrogens (tertiary/aromatic N) is 4. The van der Waals surface area contributed by atoms with Crippen molar-refractivity contribution in [3.63, 3.8) is 0 Å². The van der Waals surface area contributed by atoms with Crippen LogP contribution in [0.1, 0.15) is 21.6 Å². The van der Waals surface area contributed by atoms with Gasteiger partial charge in [-0.2, -0.15) is 9.78 Å². The number of nitrogens with one attached hydrogen (secondary N) is 1. The van der Waals surface area contributed by atoms with Gasteiger partial charge < -0.3 is 9.84 Å². The molecular weight excluding hydrogens is 454 g/mol. The van der Waals surface area contributed by atoms with E-state index in [-0.39, 0.29) is 5.69 Å². The molecule has 2 aromatic carbocycles. The summed E-state index contributed by atoms with van der Waals surface area (Å²) in [6, 6.07) is 14.2. The quantitative estimate of drug-likeness (QED) is 0.455. The highest BCUT2D eigenvalue weighted by Crippen LogP contribution is 2.28. The molecule has 9 nitrogen and oxygen atoms in total. The van der Waals surface area contributed by atoms with E-state index in [4.69, 9.17) is 4.74 Å². The van der Waals surface area contributed by atoms with Gasteiger partial charge in [0, 0.05) is 25.7 Å². The lowest BCUT2D eigenvalue weighted by Crippen LogP contribution is -2.35. The van der Waals surface area contributed by atoms with E-state index in [1.807, 2.05) is 25.1 Å². The number of amides is 1. The summed E-state index contributed by atoms with van der Waals surface area (Å²) in [5.41, 5.74) is 2.59. The van der Waals surface area contributed by atoms with Gasteiger partial charge in [-0.05, 0) is 42.3 Å². The second-order valence-electron chi connectivity index (χ2n) is 8.13. The third-order valence-corrected chi connectivity index (χ3v) is 6.49. The van der Waals surface area contributed by atoms with Crippen LogP contribution in [0.5, 0.6) is 5.75 Å². The molecule has 0 atom stereocenters. The van der Waals surface area contributed by atoms with Gasteiger partial charge in [0.05, 0.1) is 29.1 Å². The van der Waals surface area contributed by atoms with Crippen LogP contribution in [0.15, 0.2) is 53.3 Å². The number of carbonyl (C=O) groups is 1. The molecule has 174 valence electrons. The number of morpholine rings is 1. The average molecular weight is 478 g/mol. The van der Waals surface area contributed by atoms with Gasteiger partial charge in [0.2, 0.25) is 0 Å². The molecule has 1 aliphatic rings. The van der Waals surface area contributed by atoms with Crippen molar-refractivity contribution in [2.75, 3.05) is 31.6 Å². The summed E-state index contributed by atoms with van der Waals surface area (Å²) in [7, 11) is 0. The minimum Gasteiger partial charge on any atom is -0.505 e. The Kier molecular flexibility index (Phi) is 6.10. The van der Waals surface area contributed by atoms with E-state index in [2.05, 4.69) is 26.4 Å². The number of aromatic nitrogens is 3. The Hall–Kier alpha value is -3.60. The zero-order chi connectivity index (χ0) is 23.7. The molecule has 0 bridgehead atoms. The lowest BCUT2D eigenvalue weighted by molar-refractivity contribution is 0.0342. The molecule has 1 amide bonds. The van der Waals surface area contributed by atoms with Gasteiger partial charge in [-0.1, -0.05) is 29.5 Å². The number of fused-ring (bicyclic) bond motifs is 1. The largest absolute Gasteiger partial charge is 0.505 e. The first-order valence-electron chi connectivity index (χ1n) is 10.9. The van der Waals surface area contributed by atoms with Gasteiger partial charge in [-0.3, -0.25) is 19.8 Å². The summed E-state index contributed by atoms with van der Waals surface area (Å²) in [5, 5.41) is 17.4. The maximum Gasteiger partial charge on any atom is 0.281 e. The van der Waals surface area contributed by atoms with Crippen molar-refractivity contribution in [2.24, 2.45) is 0 Å². The van der Waals surface area contributed by atoms with E-state index in [1.54, 1.807) is 18.2 Å². The van der Waals surface area contributed by atoms with Crippen LogP contribution < -0.4 is 10.9 Å². The molecule has 3 heterocycles. The van der Waals surface area contributed by atoms with Crippen molar-refractivity contribution in [1.82, 2.24) is 19.7 Å². The zero-order valence-corrected chi connectivity index (χ0v) is 19.3. The number of rotatable bonds is 5. The summed E-state index contributed by atoms with van der Waals surface area (Å²) < 4.78 is 7.45. The van der Waals surface area contributed by atoms with E-state index >= 15 is 0 Å².